The van der Waals surface area contributed by atoms with Crippen molar-refractivity contribution in [2.24, 2.45) is 0 Å². The first kappa shape index (κ1) is 12.3. The Morgan fingerprint density at radius 3 is 2.63 bits per heavy atom. The minimum atomic E-state index is -0.878. The van der Waals surface area contributed by atoms with Crippen LogP contribution >= 0.6 is 11.8 Å². The molecule has 0 radical (unpaired) electrons. The highest BCUT2D eigenvalue weighted by Crippen LogP contribution is 2.32. The lowest BCUT2D eigenvalue weighted by atomic mass is 10.1. The van der Waals surface area contributed by atoms with Gasteiger partial charge in [-0.25, -0.2) is 4.79 Å². The van der Waals surface area contributed by atoms with Gasteiger partial charge in [0.25, 0.3) is 0 Å². The summed E-state index contributed by atoms with van der Waals surface area (Å²) in [7, 11) is 0. The summed E-state index contributed by atoms with van der Waals surface area (Å²) < 4.78 is 0. The third-order valence-electron chi connectivity index (χ3n) is 3.39. The molecule has 0 unspecified atom stereocenters. The molecule has 0 spiro atoms. The first-order valence-electron chi connectivity index (χ1n) is 6.35. The van der Waals surface area contributed by atoms with Crippen molar-refractivity contribution in [2.75, 3.05) is 0 Å². The van der Waals surface area contributed by atoms with Gasteiger partial charge in [0, 0.05) is 9.79 Å². The van der Waals surface area contributed by atoms with Crippen molar-refractivity contribution in [2.45, 2.75) is 29.1 Å². The molecule has 1 aliphatic rings. The molecule has 1 N–H and O–H groups in total. The Morgan fingerprint density at radius 2 is 1.79 bits per heavy atom. The minimum Gasteiger partial charge on any atom is -0.478 e. The number of aromatic carboxylic acids is 1. The highest BCUT2D eigenvalue weighted by Gasteiger charge is 2.11. The summed E-state index contributed by atoms with van der Waals surface area (Å²) in [6, 6.07) is 13.6. The molecular formula is C16H14O2S. The van der Waals surface area contributed by atoms with Crippen molar-refractivity contribution in [1.82, 2.24) is 0 Å². The molecule has 2 aromatic carbocycles. The number of carboxylic acids is 1. The zero-order chi connectivity index (χ0) is 13.2. The van der Waals surface area contributed by atoms with Crippen LogP contribution in [0.15, 0.2) is 52.3 Å². The maximum absolute atomic E-state index is 10.9. The van der Waals surface area contributed by atoms with E-state index < -0.39 is 5.97 Å². The Hall–Kier alpha value is -1.74. The van der Waals surface area contributed by atoms with Gasteiger partial charge >= 0.3 is 5.97 Å². The molecular weight excluding hydrogens is 256 g/mol. The fourth-order valence-electron chi connectivity index (χ4n) is 2.44. The van der Waals surface area contributed by atoms with E-state index in [4.69, 9.17) is 5.11 Å². The second-order valence-electron chi connectivity index (χ2n) is 4.72. The van der Waals surface area contributed by atoms with E-state index in [-0.39, 0.29) is 0 Å². The second kappa shape index (κ2) is 5.10. The molecule has 3 heteroatoms. The first-order valence-corrected chi connectivity index (χ1v) is 7.17. The van der Waals surface area contributed by atoms with E-state index >= 15 is 0 Å². The lowest BCUT2D eigenvalue weighted by Gasteiger charge is -2.05. The lowest BCUT2D eigenvalue weighted by Crippen LogP contribution is -1.95. The Balaban J connectivity index is 1.85. The molecule has 0 bridgehead atoms. The normalized spacial score (nSPS) is 13.3. The standard InChI is InChI=1S/C16H14O2S/c17-16(18)13-5-2-6-14(10-13)19-15-8-7-11-3-1-4-12(11)9-15/h2,5-10H,1,3-4H2,(H,17,18). The largest absolute Gasteiger partial charge is 0.478 e. The molecule has 0 saturated carbocycles. The van der Waals surface area contributed by atoms with Crippen LogP contribution in [0.1, 0.15) is 27.9 Å². The number of hydrogen-bond donors (Lipinski definition) is 1. The van der Waals surface area contributed by atoms with Gasteiger partial charge in [0.15, 0.2) is 0 Å². The molecule has 0 heterocycles. The molecule has 0 amide bonds. The smallest absolute Gasteiger partial charge is 0.335 e. The minimum absolute atomic E-state index is 0.339. The third kappa shape index (κ3) is 2.66. The van der Waals surface area contributed by atoms with Gasteiger partial charge in [0.2, 0.25) is 0 Å². The van der Waals surface area contributed by atoms with Crippen molar-refractivity contribution < 1.29 is 9.90 Å². The monoisotopic (exact) mass is 270 g/mol. The summed E-state index contributed by atoms with van der Waals surface area (Å²) in [6.07, 6.45) is 3.60. The molecule has 3 rings (SSSR count). The summed E-state index contributed by atoms with van der Waals surface area (Å²) in [5, 5.41) is 8.99. The summed E-state index contributed by atoms with van der Waals surface area (Å²) in [4.78, 5) is 13.1. The van der Waals surface area contributed by atoms with Crippen LogP contribution in [0, 0.1) is 0 Å². The van der Waals surface area contributed by atoms with Gasteiger partial charge in [-0.15, -0.1) is 0 Å². The fourth-order valence-corrected chi connectivity index (χ4v) is 3.38. The first-order chi connectivity index (χ1) is 9.22. The molecule has 0 aliphatic heterocycles. The molecule has 1 aliphatic carbocycles. The number of aryl methyl sites for hydroxylation is 2. The topological polar surface area (TPSA) is 37.3 Å². The number of benzene rings is 2. The zero-order valence-electron chi connectivity index (χ0n) is 10.4. The van der Waals surface area contributed by atoms with Crippen LogP contribution in [-0.4, -0.2) is 11.1 Å². The van der Waals surface area contributed by atoms with Crippen LogP contribution in [-0.2, 0) is 12.8 Å². The second-order valence-corrected chi connectivity index (χ2v) is 5.87. The van der Waals surface area contributed by atoms with Gasteiger partial charge in [-0.3, -0.25) is 0 Å². The molecule has 0 fully saturated rings. The number of hydrogen-bond acceptors (Lipinski definition) is 2. The van der Waals surface area contributed by atoms with Gasteiger partial charge in [-0.05, 0) is 60.7 Å². The van der Waals surface area contributed by atoms with Crippen LogP contribution < -0.4 is 0 Å². The van der Waals surface area contributed by atoms with Gasteiger partial charge in [0.1, 0.15) is 0 Å². The predicted molar refractivity (Wildman–Crippen MR) is 76.0 cm³/mol. The number of fused-ring (bicyclic) bond motifs is 1. The molecule has 96 valence electrons. The van der Waals surface area contributed by atoms with E-state index in [1.54, 1.807) is 30.0 Å². The highest BCUT2D eigenvalue weighted by atomic mass is 32.2. The van der Waals surface area contributed by atoms with Gasteiger partial charge in [-0.1, -0.05) is 23.9 Å². The van der Waals surface area contributed by atoms with Crippen LogP contribution in [0.2, 0.25) is 0 Å². The molecule has 2 nitrogen and oxygen atoms in total. The van der Waals surface area contributed by atoms with Crippen molar-refractivity contribution in [3.63, 3.8) is 0 Å². The Bertz CT molecular complexity index is 634. The van der Waals surface area contributed by atoms with Crippen LogP contribution in [0.4, 0.5) is 0 Å². The third-order valence-corrected chi connectivity index (χ3v) is 4.37. The number of carboxylic acid groups (broad SMARTS) is 1. The van der Waals surface area contributed by atoms with Crippen LogP contribution in [0.25, 0.3) is 0 Å². The summed E-state index contributed by atoms with van der Waals surface area (Å²) in [5.41, 5.74) is 3.24. The van der Waals surface area contributed by atoms with Crippen molar-refractivity contribution in [3.8, 4) is 0 Å². The van der Waals surface area contributed by atoms with Crippen LogP contribution in [0.3, 0.4) is 0 Å². The van der Waals surface area contributed by atoms with E-state index in [1.165, 1.54) is 35.3 Å². The van der Waals surface area contributed by atoms with Crippen molar-refractivity contribution in [3.05, 3.63) is 59.2 Å². The average Bonchev–Trinajstić information content (AvgIpc) is 2.86. The Labute approximate surface area is 116 Å². The number of carbonyl (C=O) groups is 1. The average molecular weight is 270 g/mol. The van der Waals surface area contributed by atoms with E-state index in [0.717, 1.165) is 4.90 Å². The maximum Gasteiger partial charge on any atom is 0.335 e. The van der Waals surface area contributed by atoms with Gasteiger partial charge in [-0.2, -0.15) is 0 Å². The summed E-state index contributed by atoms with van der Waals surface area (Å²) in [6.45, 7) is 0. The molecule has 0 saturated heterocycles. The van der Waals surface area contributed by atoms with E-state index in [9.17, 15) is 4.79 Å². The zero-order valence-corrected chi connectivity index (χ0v) is 11.2. The van der Waals surface area contributed by atoms with E-state index in [0.29, 0.717) is 5.56 Å². The van der Waals surface area contributed by atoms with Gasteiger partial charge in [0.05, 0.1) is 5.56 Å². The highest BCUT2D eigenvalue weighted by molar-refractivity contribution is 7.99. The van der Waals surface area contributed by atoms with E-state index in [1.807, 2.05) is 6.07 Å². The van der Waals surface area contributed by atoms with E-state index in [2.05, 4.69) is 18.2 Å². The lowest BCUT2D eigenvalue weighted by molar-refractivity contribution is 0.0696. The van der Waals surface area contributed by atoms with Crippen LogP contribution in [0.5, 0.6) is 0 Å². The predicted octanol–water partition coefficient (Wildman–Crippen LogP) is 4.02. The molecule has 19 heavy (non-hydrogen) atoms. The molecule has 0 atom stereocenters. The fraction of sp³-hybridized carbons (Fsp3) is 0.188. The van der Waals surface area contributed by atoms with Gasteiger partial charge < -0.3 is 5.11 Å². The SMILES string of the molecule is O=C(O)c1cccc(Sc2ccc3c(c2)CCC3)c1. The summed E-state index contributed by atoms with van der Waals surface area (Å²) >= 11 is 1.62. The summed E-state index contributed by atoms with van der Waals surface area (Å²) in [5.74, 6) is -0.878. The maximum atomic E-state index is 10.9. The molecule has 0 aromatic heterocycles. The van der Waals surface area contributed by atoms with Crippen molar-refractivity contribution in [1.29, 1.82) is 0 Å². The number of rotatable bonds is 3. The quantitative estimate of drug-likeness (QED) is 0.915. The van der Waals surface area contributed by atoms with Crippen molar-refractivity contribution >= 4 is 17.7 Å². The Morgan fingerprint density at radius 1 is 1.00 bits per heavy atom. The Kier molecular flexibility index (Phi) is 3.30. The molecule has 2 aromatic rings.